The fourth-order valence-electron chi connectivity index (χ4n) is 3.96. The lowest BCUT2D eigenvalue weighted by Gasteiger charge is -2.26. The van der Waals surface area contributed by atoms with Crippen LogP contribution in [0, 0.1) is 6.92 Å². The van der Waals surface area contributed by atoms with Gasteiger partial charge in [0.05, 0.1) is 6.61 Å². The zero-order valence-corrected chi connectivity index (χ0v) is 18.8. The zero-order chi connectivity index (χ0) is 22.3. The van der Waals surface area contributed by atoms with E-state index < -0.39 is 5.97 Å². The van der Waals surface area contributed by atoms with E-state index >= 15 is 0 Å². The number of esters is 1. The van der Waals surface area contributed by atoms with E-state index in [0.717, 1.165) is 23.4 Å². The van der Waals surface area contributed by atoms with Crippen molar-refractivity contribution in [1.29, 1.82) is 0 Å². The van der Waals surface area contributed by atoms with Crippen LogP contribution in [-0.2, 0) is 11.3 Å². The van der Waals surface area contributed by atoms with Crippen LogP contribution in [0.3, 0.4) is 0 Å². The van der Waals surface area contributed by atoms with Crippen molar-refractivity contribution in [2.24, 2.45) is 0 Å². The summed E-state index contributed by atoms with van der Waals surface area (Å²) < 4.78 is 5.21. The number of hydrogen-bond donors (Lipinski definition) is 1. The minimum Gasteiger partial charge on any atom is -0.462 e. The molecule has 2 heterocycles. The first-order valence-electron chi connectivity index (χ1n) is 11.3. The molecule has 0 aliphatic carbocycles. The Morgan fingerprint density at radius 1 is 1.09 bits per heavy atom. The number of benzene rings is 2. The number of nitrogens with zero attached hydrogens (tertiary/aromatic N) is 3. The number of anilines is 2. The van der Waals surface area contributed by atoms with Crippen LogP contribution in [0.5, 0.6) is 0 Å². The fourth-order valence-corrected chi connectivity index (χ4v) is 3.96. The largest absolute Gasteiger partial charge is 0.462 e. The summed E-state index contributed by atoms with van der Waals surface area (Å²) in [7, 11) is 0. The highest BCUT2D eigenvalue weighted by molar-refractivity contribution is 5.95. The van der Waals surface area contributed by atoms with Crippen LogP contribution in [-0.4, -0.2) is 40.5 Å². The number of hydrogen-bond acceptors (Lipinski definition) is 6. The van der Waals surface area contributed by atoms with Crippen molar-refractivity contribution in [3.63, 3.8) is 0 Å². The summed E-state index contributed by atoms with van der Waals surface area (Å²) in [5.74, 6) is 0.567. The van der Waals surface area contributed by atoms with Crippen molar-refractivity contribution in [3.05, 3.63) is 71.4 Å². The molecule has 1 aromatic heterocycles. The van der Waals surface area contributed by atoms with Gasteiger partial charge in [0.1, 0.15) is 11.4 Å². The molecule has 6 heteroatoms. The van der Waals surface area contributed by atoms with E-state index in [0.29, 0.717) is 23.8 Å². The number of nitrogens with one attached hydrogen (secondary N) is 1. The Kier molecular flexibility index (Phi) is 7.12. The van der Waals surface area contributed by atoms with Crippen LogP contribution in [0.4, 0.5) is 11.5 Å². The Morgan fingerprint density at radius 3 is 2.59 bits per heavy atom. The number of aromatic nitrogens is 2. The van der Waals surface area contributed by atoms with Crippen LogP contribution in [0.25, 0.3) is 11.4 Å². The number of carbonyl (C=O) groups excluding carboxylic acids is 1. The maximum Gasteiger partial charge on any atom is 0.343 e. The molecule has 166 valence electrons. The number of aryl methyl sites for hydroxylation is 1. The lowest BCUT2D eigenvalue weighted by molar-refractivity contribution is 0.0526. The monoisotopic (exact) mass is 430 g/mol. The van der Waals surface area contributed by atoms with Gasteiger partial charge in [-0.1, -0.05) is 42.3 Å². The molecule has 0 saturated carbocycles. The molecule has 1 aliphatic rings. The Morgan fingerprint density at radius 2 is 1.88 bits per heavy atom. The number of carbonyl (C=O) groups is 1. The lowest BCUT2D eigenvalue weighted by atomic mass is 10.1. The third kappa shape index (κ3) is 5.51. The van der Waals surface area contributed by atoms with Gasteiger partial charge in [-0.15, -0.1) is 0 Å². The minimum atomic E-state index is -0.437. The summed E-state index contributed by atoms with van der Waals surface area (Å²) in [6.07, 6.45) is 5.45. The van der Waals surface area contributed by atoms with Gasteiger partial charge in [0.25, 0.3) is 0 Å². The van der Waals surface area contributed by atoms with Crippen LogP contribution in [0.2, 0.25) is 0 Å². The van der Waals surface area contributed by atoms with Crippen molar-refractivity contribution in [3.8, 4) is 11.4 Å². The van der Waals surface area contributed by atoms with Gasteiger partial charge < -0.3 is 10.1 Å². The SMILES string of the molecule is CCOC(=O)c1cnc(-c2cccc(C)c2)nc1Nc1ccc(CN2CCCCC2)cc1. The van der Waals surface area contributed by atoms with Gasteiger partial charge in [-0.2, -0.15) is 0 Å². The number of ether oxygens (including phenoxy) is 1. The Labute approximate surface area is 189 Å². The Balaban J connectivity index is 1.57. The standard InChI is InChI=1S/C26H30N4O2/c1-3-32-26(31)23-17-27-24(21-9-7-8-19(2)16-21)29-25(23)28-22-12-10-20(11-13-22)18-30-14-5-4-6-15-30/h7-13,16-17H,3-6,14-15,18H2,1-2H3,(H,27,28,29). The smallest absolute Gasteiger partial charge is 0.343 e. The first-order chi connectivity index (χ1) is 15.6. The maximum atomic E-state index is 12.5. The quantitative estimate of drug-likeness (QED) is 0.509. The second-order valence-corrected chi connectivity index (χ2v) is 8.20. The molecule has 1 N–H and O–H groups in total. The van der Waals surface area contributed by atoms with Gasteiger partial charge in [-0.05, 0) is 63.5 Å². The molecule has 0 amide bonds. The van der Waals surface area contributed by atoms with Crippen LogP contribution in [0.1, 0.15) is 47.7 Å². The van der Waals surface area contributed by atoms with Gasteiger partial charge >= 0.3 is 5.97 Å². The third-order valence-electron chi connectivity index (χ3n) is 5.63. The summed E-state index contributed by atoms with van der Waals surface area (Å²) in [5, 5.41) is 3.30. The Hall–Kier alpha value is -3.25. The molecule has 1 fully saturated rings. The van der Waals surface area contributed by atoms with Crippen molar-refractivity contribution < 1.29 is 9.53 Å². The topological polar surface area (TPSA) is 67.3 Å². The Bertz CT molecular complexity index is 1060. The van der Waals surface area contributed by atoms with Crippen molar-refractivity contribution in [2.75, 3.05) is 25.0 Å². The summed E-state index contributed by atoms with van der Waals surface area (Å²) in [5.41, 5.74) is 4.50. The molecule has 4 rings (SSSR count). The van der Waals surface area contributed by atoms with Crippen molar-refractivity contribution >= 4 is 17.5 Å². The highest BCUT2D eigenvalue weighted by Gasteiger charge is 2.17. The number of rotatable bonds is 7. The van der Waals surface area contributed by atoms with Gasteiger partial charge in [-0.3, -0.25) is 4.90 Å². The van der Waals surface area contributed by atoms with E-state index in [1.165, 1.54) is 44.1 Å². The highest BCUT2D eigenvalue weighted by Crippen LogP contribution is 2.24. The lowest BCUT2D eigenvalue weighted by Crippen LogP contribution is -2.29. The van der Waals surface area contributed by atoms with E-state index in [2.05, 4.69) is 32.3 Å². The second kappa shape index (κ2) is 10.4. The van der Waals surface area contributed by atoms with E-state index in [1.54, 1.807) is 6.92 Å². The molecular formula is C26H30N4O2. The molecule has 1 aliphatic heterocycles. The zero-order valence-electron chi connectivity index (χ0n) is 18.8. The fraction of sp³-hybridized carbons (Fsp3) is 0.346. The van der Waals surface area contributed by atoms with Gasteiger partial charge in [0.2, 0.25) is 0 Å². The number of piperidine rings is 1. The third-order valence-corrected chi connectivity index (χ3v) is 5.63. The summed E-state index contributed by atoms with van der Waals surface area (Å²) in [4.78, 5) is 24.1. The van der Waals surface area contributed by atoms with E-state index in [9.17, 15) is 4.79 Å². The molecule has 0 atom stereocenters. The summed E-state index contributed by atoms with van der Waals surface area (Å²) in [6, 6.07) is 16.3. The molecule has 0 bridgehead atoms. The van der Waals surface area contributed by atoms with Crippen LogP contribution < -0.4 is 5.32 Å². The molecule has 1 saturated heterocycles. The van der Waals surface area contributed by atoms with Gasteiger partial charge in [0.15, 0.2) is 5.82 Å². The van der Waals surface area contributed by atoms with E-state index in [-0.39, 0.29) is 0 Å². The van der Waals surface area contributed by atoms with E-state index in [1.807, 2.05) is 43.3 Å². The molecule has 0 radical (unpaired) electrons. The van der Waals surface area contributed by atoms with Gasteiger partial charge in [-0.25, -0.2) is 14.8 Å². The number of likely N-dealkylation sites (tertiary alicyclic amines) is 1. The molecule has 0 spiro atoms. The normalized spacial score (nSPS) is 14.2. The molecule has 6 nitrogen and oxygen atoms in total. The predicted molar refractivity (Wildman–Crippen MR) is 127 cm³/mol. The first-order valence-corrected chi connectivity index (χ1v) is 11.3. The predicted octanol–water partition coefficient (Wildman–Crippen LogP) is 5.36. The van der Waals surface area contributed by atoms with Crippen LogP contribution >= 0.6 is 0 Å². The van der Waals surface area contributed by atoms with Crippen molar-refractivity contribution in [1.82, 2.24) is 14.9 Å². The summed E-state index contributed by atoms with van der Waals surface area (Å²) >= 11 is 0. The van der Waals surface area contributed by atoms with Crippen LogP contribution in [0.15, 0.2) is 54.7 Å². The maximum absolute atomic E-state index is 12.5. The summed E-state index contributed by atoms with van der Waals surface area (Å²) in [6.45, 7) is 7.43. The average Bonchev–Trinajstić information content (AvgIpc) is 2.81. The minimum absolute atomic E-state index is 0.295. The van der Waals surface area contributed by atoms with Crippen molar-refractivity contribution in [2.45, 2.75) is 39.7 Å². The molecule has 3 aromatic rings. The second-order valence-electron chi connectivity index (χ2n) is 8.20. The van der Waals surface area contributed by atoms with E-state index in [4.69, 9.17) is 4.74 Å². The highest BCUT2D eigenvalue weighted by atomic mass is 16.5. The average molecular weight is 431 g/mol. The molecule has 2 aromatic carbocycles. The first kappa shape index (κ1) is 22.0. The van der Waals surface area contributed by atoms with Gasteiger partial charge in [0, 0.05) is 24.0 Å². The molecule has 32 heavy (non-hydrogen) atoms. The molecular weight excluding hydrogens is 400 g/mol. The molecule has 0 unspecified atom stereocenters.